The van der Waals surface area contributed by atoms with E-state index in [1.807, 2.05) is 0 Å². The summed E-state index contributed by atoms with van der Waals surface area (Å²) in [7, 11) is 0. The number of nitrogens with zero attached hydrogens (tertiary/aromatic N) is 1. The number of amides is 1. The highest BCUT2D eigenvalue weighted by atomic mass is 19.1. The zero-order valence-corrected chi connectivity index (χ0v) is 9.49. The van der Waals surface area contributed by atoms with E-state index in [2.05, 4.69) is 10.3 Å². The molecule has 0 aromatic carbocycles. The highest BCUT2D eigenvalue weighted by molar-refractivity contribution is 5.94. The molecule has 1 aliphatic heterocycles. The molecule has 2 heterocycles. The maximum Gasteiger partial charge on any atom is 0.254 e. The number of nitrogens with one attached hydrogen (secondary N) is 1. The summed E-state index contributed by atoms with van der Waals surface area (Å²) in [4.78, 5) is 15.3. The fourth-order valence-corrected chi connectivity index (χ4v) is 1.83. The van der Waals surface area contributed by atoms with Crippen LogP contribution in [0, 0.1) is 5.82 Å². The molecule has 92 valence electrons. The standard InChI is InChI=1S/C12H15FN2O2/c13-11-8-14-5-4-10(11)12(16)15-7-9-3-1-2-6-17-9/h4-5,8-9H,1-3,6-7H2,(H,15,16). The van der Waals surface area contributed by atoms with Crippen molar-refractivity contribution in [3.8, 4) is 0 Å². The number of aromatic nitrogens is 1. The Morgan fingerprint density at radius 1 is 1.59 bits per heavy atom. The van der Waals surface area contributed by atoms with Gasteiger partial charge in [-0.3, -0.25) is 9.78 Å². The summed E-state index contributed by atoms with van der Waals surface area (Å²) in [6.45, 7) is 1.17. The molecule has 5 heteroatoms. The van der Waals surface area contributed by atoms with Crippen molar-refractivity contribution in [2.75, 3.05) is 13.2 Å². The summed E-state index contributed by atoms with van der Waals surface area (Å²) in [5.74, 6) is -1.02. The van der Waals surface area contributed by atoms with Gasteiger partial charge >= 0.3 is 0 Å². The van der Waals surface area contributed by atoms with Gasteiger partial charge in [-0.1, -0.05) is 0 Å². The van der Waals surface area contributed by atoms with E-state index in [1.165, 1.54) is 12.3 Å². The molecule has 0 saturated carbocycles. The van der Waals surface area contributed by atoms with E-state index in [0.29, 0.717) is 6.54 Å². The minimum absolute atomic E-state index is 0.0239. The van der Waals surface area contributed by atoms with Gasteiger partial charge in [0.1, 0.15) is 0 Å². The van der Waals surface area contributed by atoms with Crippen LogP contribution in [0.1, 0.15) is 29.6 Å². The van der Waals surface area contributed by atoms with E-state index in [-0.39, 0.29) is 11.7 Å². The molecule has 1 atom stereocenters. The van der Waals surface area contributed by atoms with Crippen molar-refractivity contribution in [3.63, 3.8) is 0 Å². The van der Waals surface area contributed by atoms with Crippen LogP contribution in [-0.4, -0.2) is 30.1 Å². The van der Waals surface area contributed by atoms with Gasteiger partial charge in [0.25, 0.3) is 5.91 Å². The first-order valence-electron chi connectivity index (χ1n) is 5.76. The summed E-state index contributed by atoms with van der Waals surface area (Å²) in [6, 6.07) is 1.37. The number of ether oxygens (including phenoxy) is 1. The molecule has 1 aliphatic rings. The molecule has 1 fully saturated rings. The fourth-order valence-electron chi connectivity index (χ4n) is 1.83. The second-order valence-corrected chi connectivity index (χ2v) is 4.05. The first-order chi connectivity index (χ1) is 8.27. The van der Waals surface area contributed by atoms with Crippen LogP contribution in [0.4, 0.5) is 4.39 Å². The van der Waals surface area contributed by atoms with E-state index >= 15 is 0 Å². The van der Waals surface area contributed by atoms with Crippen LogP contribution in [0.2, 0.25) is 0 Å². The van der Waals surface area contributed by atoms with Crippen molar-refractivity contribution in [2.45, 2.75) is 25.4 Å². The number of carbonyl (C=O) groups is 1. The predicted molar refractivity (Wildman–Crippen MR) is 60.1 cm³/mol. The Morgan fingerprint density at radius 2 is 2.47 bits per heavy atom. The summed E-state index contributed by atoms with van der Waals surface area (Å²) < 4.78 is 18.7. The van der Waals surface area contributed by atoms with Crippen LogP contribution >= 0.6 is 0 Å². The van der Waals surface area contributed by atoms with Gasteiger partial charge in [-0.2, -0.15) is 0 Å². The van der Waals surface area contributed by atoms with Crippen LogP contribution < -0.4 is 5.32 Å². The minimum Gasteiger partial charge on any atom is -0.376 e. The fraction of sp³-hybridized carbons (Fsp3) is 0.500. The maximum atomic E-state index is 13.3. The second-order valence-electron chi connectivity index (χ2n) is 4.05. The van der Waals surface area contributed by atoms with Crippen molar-refractivity contribution >= 4 is 5.91 Å². The first-order valence-corrected chi connectivity index (χ1v) is 5.76. The van der Waals surface area contributed by atoms with Crippen LogP contribution in [0.3, 0.4) is 0 Å². The minimum atomic E-state index is -0.602. The molecule has 1 aromatic heterocycles. The molecule has 1 aromatic rings. The quantitative estimate of drug-likeness (QED) is 0.868. The van der Waals surface area contributed by atoms with Crippen molar-refractivity contribution in [1.82, 2.24) is 10.3 Å². The SMILES string of the molecule is O=C(NCC1CCCCO1)c1ccncc1F. The Balaban J connectivity index is 1.87. The third-order valence-electron chi connectivity index (χ3n) is 2.78. The zero-order valence-electron chi connectivity index (χ0n) is 9.49. The highest BCUT2D eigenvalue weighted by Gasteiger charge is 2.16. The largest absolute Gasteiger partial charge is 0.376 e. The van der Waals surface area contributed by atoms with Crippen molar-refractivity contribution in [2.24, 2.45) is 0 Å². The number of halogens is 1. The van der Waals surface area contributed by atoms with Gasteiger partial charge in [-0.05, 0) is 25.3 Å². The lowest BCUT2D eigenvalue weighted by molar-refractivity contribution is 0.0168. The molecule has 0 radical (unpaired) electrons. The monoisotopic (exact) mass is 238 g/mol. The Labute approximate surface area is 99.2 Å². The van der Waals surface area contributed by atoms with Crippen LogP contribution in [0.25, 0.3) is 0 Å². The van der Waals surface area contributed by atoms with Gasteiger partial charge in [-0.15, -0.1) is 0 Å². The van der Waals surface area contributed by atoms with Gasteiger partial charge in [-0.25, -0.2) is 4.39 Å². The van der Waals surface area contributed by atoms with Crippen LogP contribution in [-0.2, 0) is 4.74 Å². The third kappa shape index (κ3) is 3.23. The summed E-state index contributed by atoms with van der Waals surface area (Å²) in [5, 5.41) is 2.68. The third-order valence-corrected chi connectivity index (χ3v) is 2.78. The number of hydrogen-bond donors (Lipinski definition) is 1. The van der Waals surface area contributed by atoms with Crippen LogP contribution in [0.15, 0.2) is 18.5 Å². The van der Waals surface area contributed by atoms with E-state index in [1.54, 1.807) is 0 Å². The van der Waals surface area contributed by atoms with E-state index in [9.17, 15) is 9.18 Å². The van der Waals surface area contributed by atoms with E-state index in [4.69, 9.17) is 4.74 Å². The van der Waals surface area contributed by atoms with Crippen molar-refractivity contribution < 1.29 is 13.9 Å². The van der Waals surface area contributed by atoms with Crippen molar-refractivity contribution in [1.29, 1.82) is 0 Å². The Morgan fingerprint density at radius 3 is 3.18 bits per heavy atom. The normalized spacial score (nSPS) is 19.9. The number of pyridine rings is 1. The van der Waals surface area contributed by atoms with Crippen molar-refractivity contribution in [3.05, 3.63) is 29.8 Å². The number of hydrogen-bond acceptors (Lipinski definition) is 3. The van der Waals surface area contributed by atoms with E-state index < -0.39 is 11.7 Å². The molecule has 1 N–H and O–H groups in total. The Hall–Kier alpha value is -1.49. The predicted octanol–water partition coefficient (Wildman–Crippen LogP) is 1.52. The second kappa shape index (κ2) is 5.72. The van der Waals surface area contributed by atoms with E-state index in [0.717, 1.165) is 32.1 Å². The number of carbonyl (C=O) groups excluding carboxylic acids is 1. The zero-order chi connectivity index (χ0) is 12.1. The van der Waals surface area contributed by atoms with Gasteiger partial charge in [0.2, 0.25) is 0 Å². The molecule has 4 nitrogen and oxygen atoms in total. The lowest BCUT2D eigenvalue weighted by Gasteiger charge is -2.22. The summed E-state index contributed by atoms with van der Waals surface area (Å²) in [5.41, 5.74) is 0.0239. The summed E-state index contributed by atoms with van der Waals surface area (Å²) in [6.07, 6.45) is 5.62. The smallest absolute Gasteiger partial charge is 0.254 e. The van der Waals surface area contributed by atoms with Gasteiger partial charge in [0.05, 0.1) is 17.9 Å². The molecule has 1 amide bonds. The molecule has 0 spiro atoms. The molecule has 0 aliphatic carbocycles. The molecule has 1 saturated heterocycles. The molecular formula is C12H15FN2O2. The Bertz CT molecular complexity index is 392. The highest BCUT2D eigenvalue weighted by Crippen LogP contribution is 2.12. The van der Waals surface area contributed by atoms with Gasteiger partial charge < -0.3 is 10.1 Å². The van der Waals surface area contributed by atoms with Gasteiger partial charge in [0, 0.05) is 19.3 Å². The molecule has 17 heavy (non-hydrogen) atoms. The maximum absolute atomic E-state index is 13.3. The lowest BCUT2D eigenvalue weighted by Crippen LogP contribution is -2.35. The summed E-state index contributed by atoms with van der Waals surface area (Å²) >= 11 is 0. The number of rotatable bonds is 3. The molecule has 2 rings (SSSR count). The van der Waals surface area contributed by atoms with Gasteiger partial charge in [0.15, 0.2) is 5.82 Å². The lowest BCUT2D eigenvalue weighted by atomic mass is 10.1. The average Bonchev–Trinajstić information content (AvgIpc) is 2.38. The molecular weight excluding hydrogens is 223 g/mol. The average molecular weight is 238 g/mol. The Kier molecular flexibility index (Phi) is 4.03. The molecule has 0 bridgehead atoms. The topological polar surface area (TPSA) is 51.2 Å². The van der Waals surface area contributed by atoms with Crippen LogP contribution in [0.5, 0.6) is 0 Å². The molecule has 1 unspecified atom stereocenters. The first kappa shape index (κ1) is 12.0.